The number of likely N-dealkylation sites (tertiary alicyclic amines) is 1. The first-order chi connectivity index (χ1) is 7.35. The van der Waals surface area contributed by atoms with E-state index in [0.717, 1.165) is 0 Å². The van der Waals surface area contributed by atoms with Gasteiger partial charge in [0.15, 0.2) is 0 Å². The summed E-state index contributed by atoms with van der Waals surface area (Å²) in [6, 6.07) is 0.496. The number of rotatable bonds is 1. The van der Waals surface area contributed by atoms with Gasteiger partial charge < -0.3 is 5.32 Å². The van der Waals surface area contributed by atoms with Crippen LogP contribution in [0.5, 0.6) is 0 Å². The molecule has 0 spiro atoms. The molecule has 1 fully saturated rings. The Morgan fingerprint density at radius 1 is 0.765 bits per heavy atom. The van der Waals surface area contributed by atoms with Crippen LogP contribution < -0.4 is 5.32 Å². The molecule has 1 N–H and O–H groups in total. The summed E-state index contributed by atoms with van der Waals surface area (Å²) in [4.78, 5) is 2.56. The standard InChI is InChI=1S/C15H32N2/c1-12(2)11(16-9)13(3,4)15(7,8)17(10)14(12,5)6/h11,16H,1-10H3. The van der Waals surface area contributed by atoms with Gasteiger partial charge in [0.25, 0.3) is 0 Å². The quantitative estimate of drug-likeness (QED) is 0.757. The van der Waals surface area contributed by atoms with E-state index in [1.165, 1.54) is 0 Å². The number of hydrogen-bond donors (Lipinski definition) is 1. The second-order valence-electron chi connectivity index (χ2n) is 7.84. The lowest BCUT2D eigenvalue weighted by Gasteiger charge is -2.69. The van der Waals surface area contributed by atoms with Gasteiger partial charge in [0.05, 0.1) is 0 Å². The van der Waals surface area contributed by atoms with E-state index in [0.29, 0.717) is 6.04 Å². The largest absolute Gasteiger partial charge is 0.316 e. The van der Waals surface area contributed by atoms with Gasteiger partial charge in [0, 0.05) is 17.1 Å². The Bertz CT molecular complexity index is 272. The first-order valence-corrected chi connectivity index (χ1v) is 6.76. The van der Waals surface area contributed by atoms with Crippen molar-refractivity contribution in [2.75, 3.05) is 14.1 Å². The van der Waals surface area contributed by atoms with Crippen LogP contribution in [0.3, 0.4) is 0 Å². The van der Waals surface area contributed by atoms with Crippen molar-refractivity contribution in [1.82, 2.24) is 10.2 Å². The molecular formula is C15H32N2. The van der Waals surface area contributed by atoms with E-state index in [4.69, 9.17) is 0 Å². The fourth-order valence-electron chi connectivity index (χ4n) is 3.89. The van der Waals surface area contributed by atoms with Gasteiger partial charge in [-0.25, -0.2) is 0 Å². The normalized spacial score (nSPS) is 31.4. The van der Waals surface area contributed by atoms with Gasteiger partial charge in [-0.15, -0.1) is 0 Å². The number of piperidine rings is 1. The van der Waals surface area contributed by atoms with Crippen molar-refractivity contribution in [1.29, 1.82) is 0 Å². The number of nitrogens with one attached hydrogen (secondary N) is 1. The minimum atomic E-state index is 0.166. The third kappa shape index (κ3) is 1.60. The molecule has 0 aromatic rings. The van der Waals surface area contributed by atoms with Crippen LogP contribution in [0.25, 0.3) is 0 Å². The lowest BCUT2D eigenvalue weighted by molar-refractivity contribution is -0.175. The van der Waals surface area contributed by atoms with Gasteiger partial charge in [0.1, 0.15) is 0 Å². The SMILES string of the molecule is CNC1C(C)(C)C(C)(C)N(C)C(C)(C)C1(C)C. The van der Waals surface area contributed by atoms with Gasteiger partial charge in [-0.05, 0) is 52.6 Å². The highest BCUT2D eigenvalue weighted by Crippen LogP contribution is 2.56. The molecule has 2 nitrogen and oxygen atoms in total. The van der Waals surface area contributed by atoms with Crippen molar-refractivity contribution in [2.24, 2.45) is 10.8 Å². The third-order valence-electron chi connectivity index (χ3n) is 6.56. The third-order valence-corrected chi connectivity index (χ3v) is 6.56. The molecule has 17 heavy (non-hydrogen) atoms. The topological polar surface area (TPSA) is 15.3 Å². The summed E-state index contributed by atoms with van der Waals surface area (Å²) in [5, 5.41) is 3.59. The van der Waals surface area contributed by atoms with Crippen molar-refractivity contribution >= 4 is 0 Å². The first-order valence-electron chi connectivity index (χ1n) is 6.76. The molecule has 1 aliphatic rings. The maximum Gasteiger partial charge on any atom is 0.0221 e. The molecule has 1 saturated heterocycles. The fourth-order valence-corrected chi connectivity index (χ4v) is 3.89. The summed E-state index contributed by atoms with van der Waals surface area (Å²) in [5.41, 5.74) is 0.768. The molecule has 0 amide bonds. The van der Waals surface area contributed by atoms with Gasteiger partial charge in [-0.1, -0.05) is 27.7 Å². The highest BCUT2D eigenvalue weighted by atomic mass is 15.3. The van der Waals surface area contributed by atoms with Gasteiger partial charge in [-0.3, -0.25) is 4.90 Å². The zero-order valence-corrected chi connectivity index (χ0v) is 13.5. The average Bonchev–Trinajstić information content (AvgIpc) is 2.14. The van der Waals surface area contributed by atoms with Gasteiger partial charge in [-0.2, -0.15) is 0 Å². The Hall–Kier alpha value is -0.0800. The first kappa shape index (κ1) is 15.0. The molecule has 0 bridgehead atoms. The summed E-state index contributed by atoms with van der Waals surface area (Å²) in [7, 11) is 4.38. The Morgan fingerprint density at radius 3 is 1.29 bits per heavy atom. The maximum absolute atomic E-state index is 3.59. The number of nitrogens with zero attached hydrogens (tertiary/aromatic N) is 1. The lowest BCUT2D eigenvalue weighted by Crippen LogP contribution is -2.78. The second-order valence-corrected chi connectivity index (χ2v) is 7.84. The molecule has 0 aromatic heterocycles. The van der Waals surface area contributed by atoms with Crippen LogP contribution in [0.1, 0.15) is 55.4 Å². The Labute approximate surface area is 108 Å². The molecule has 2 heteroatoms. The van der Waals surface area contributed by atoms with E-state index in [2.05, 4.69) is 79.7 Å². The molecule has 0 atom stereocenters. The van der Waals surface area contributed by atoms with Crippen LogP contribution in [-0.4, -0.2) is 36.1 Å². The smallest absolute Gasteiger partial charge is 0.0221 e. The highest BCUT2D eigenvalue weighted by molar-refractivity contribution is 5.17. The predicted octanol–water partition coefficient (Wildman–Crippen LogP) is 3.13. The molecule has 102 valence electrons. The molecule has 0 aromatic carbocycles. The van der Waals surface area contributed by atoms with Crippen molar-refractivity contribution in [3.8, 4) is 0 Å². The molecular weight excluding hydrogens is 208 g/mol. The minimum Gasteiger partial charge on any atom is -0.316 e. The molecule has 0 unspecified atom stereocenters. The molecule has 0 saturated carbocycles. The monoisotopic (exact) mass is 240 g/mol. The van der Waals surface area contributed by atoms with Crippen LogP contribution >= 0.6 is 0 Å². The van der Waals surface area contributed by atoms with Gasteiger partial charge >= 0.3 is 0 Å². The van der Waals surface area contributed by atoms with Gasteiger partial charge in [0.2, 0.25) is 0 Å². The highest BCUT2D eigenvalue weighted by Gasteiger charge is 2.62. The van der Waals surface area contributed by atoms with Crippen LogP contribution in [0.4, 0.5) is 0 Å². The minimum absolute atomic E-state index is 0.166. The Balaban J connectivity index is 3.43. The van der Waals surface area contributed by atoms with Crippen molar-refractivity contribution in [3.05, 3.63) is 0 Å². The van der Waals surface area contributed by atoms with E-state index in [-0.39, 0.29) is 21.9 Å². The van der Waals surface area contributed by atoms with Crippen LogP contribution in [0.2, 0.25) is 0 Å². The zero-order valence-electron chi connectivity index (χ0n) is 13.5. The molecule has 1 aliphatic heterocycles. The molecule has 1 rings (SSSR count). The predicted molar refractivity (Wildman–Crippen MR) is 76.3 cm³/mol. The van der Waals surface area contributed by atoms with E-state index in [1.807, 2.05) is 0 Å². The number of hydrogen-bond acceptors (Lipinski definition) is 2. The van der Waals surface area contributed by atoms with E-state index < -0.39 is 0 Å². The summed E-state index contributed by atoms with van der Waals surface area (Å²) in [5.74, 6) is 0. The lowest BCUT2D eigenvalue weighted by atomic mass is 9.51. The zero-order chi connectivity index (χ0) is 13.9. The summed E-state index contributed by atoms with van der Waals surface area (Å²) in [6.07, 6.45) is 0. The maximum atomic E-state index is 3.59. The summed E-state index contributed by atoms with van der Waals surface area (Å²) >= 11 is 0. The van der Waals surface area contributed by atoms with Crippen molar-refractivity contribution in [3.63, 3.8) is 0 Å². The summed E-state index contributed by atoms with van der Waals surface area (Å²) in [6.45, 7) is 19.0. The molecule has 0 aliphatic carbocycles. The average molecular weight is 240 g/mol. The van der Waals surface area contributed by atoms with Crippen LogP contribution in [-0.2, 0) is 0 Å². The Morgan fingerprint density at radius 2 is 1.06 bits per heavy atom. The van der Waals surface area contributed by atoms with E-state index in [1.54, 1.807) is 0 Å². The van der Waals surface area contributed by atoms with Crippen LogP contribution in [0.15, 0.2) is 0 Å². The van der Waals surface area contributed by atoms with Crippen LogP contribution in [0, 0.1) is 10.8 Å². The van der Waals surface area contributed by atoms with Crippen molar-refractivity contribution < 1.29 is 0 Å². The van der Waals surface area contributed by atoms with Crippen molar-refractivity contribution in [2.45, 2.75) is 72.5 Å². The molecule has 0 radical (unpaired) electrons. The van der Waals surface area contributed by atoms with E-state index in [9.17, 15) is 0 Å². The summed E-state index contributed by atoms with van der Waals surface area (Å²) < 4.78 is 0. The fraction of sp³-hybridized carbons (Fsp3) is 1.00. The Kier molecular flexibility index (Phi) is 3.27. The second kappa shape index (κ2) is 3.71. The van der Waals surface area contributed by atoms with E-state index >= 15 is 0 Å². The molecule has 1 heterocycles.